The summed E-state index contributed by atoms with van der Waals surface area (Å²) in [6.07, 6.45) is 4.49. The second-order valence-electron chi connectivity index (χ2n) is 7.82. The molecule has 0 N–H and O–H groups in total. The van der Waals surface area contributed by atoms with Crippen LogP contribution in [-0.2, 0) is 26.2 Å². The maximum absolute atomic E-state index is 5.90. The molecule has 6 heteroatoms. The van der Waals surface area contributed by atoms with Crippen LogP contribution in [-0.4, -0.2) is 8.07 Å². The zero-order chi connectivity index (χ0) is 16.5. The first-order chi connectivity index (χ1) is 10.8. The van der Waals surface area contributed by atoms with E-state index in [9.17, 15) is 0 Å². The Kier molecular flexibility index (Phi) is 7.30. The number of furan rings is 2. The maximum atomic E-state index is 5.90. The Bertz CT molecular complexity index is 806. The Hall–Kier alpha value is -0.280. The second kappa shape index (κ2) is 7.99. The average molecular weight is 487 g/mol. The molecule has 4 rings (SSSR count). The minimum Gasteiger partial charge on any atom is -1.00 e. The van der Waals surface area contributed by atoms with Gasteiger partial charge >= 0.3 is 26.2 Å². The molecule has 0 amide bonds. The fourth-order valence-corrected chi connectivity index (χ4v) is 9.89. The fraction of sp³-hybridized carbons (Fsp3) is 0.400. The number of hydrogen-bond donors (Lipinski definition) is 0. The van der Waals surface area contributed by atoms with E-state index < -0.39 is 8.07 Å². The number of rotatable bonds is 2. The molecule has 2 nitrogen and oxygen atoms in total. The standard InChI is InChI=1S/C20H24O2Si.2ClH.Zr/c1-11-7-17-15(9-13(3)21-17)19(11)23(5,6)20-12(2)8-18-16(20)10-14(4)22-18;;;/h7-10,19-20H,1-6H3;2*1H;/q;;;+2/p-2. The summed E-state index contributed by atoms with van der Waals surface area (Å²) in [7, 11) is -1.70. The van der Waals surface area contributed by atoms with Crippen molar-refractivity contribution in [2.75, 3.05) is 0 Å². The van der Waals surface area contributed by atoms with Gasteiger partial charge in [-0.2, -0.15) is 0 Å². The summed E-state index contributed by atoms with van der Waals surface area (Å²) < 4.78 is 11.8. The maximum Gasteiger partial charge on any atom is 2.00 e. The van der Waals surface area contributed by atoms with E-state index in [2.05, 4.69) is 51.2 Å². The Labute approximate surface area is 188 Å². The van der Waals surface area contributed by atoms with E-state index in [4.69, 9.17) is 8.83 Å². The zero-order valence-electron chi connectivity index (χ0n) is 16.0. The van der Waals surface area contributed by atoms with E-state index in [1.807, 2.05) is 13.8 Å². The number of fused-ring (bicyclic) bond motifs is 2. The molecule has 0 aromatic carbocycles. The van der Waals surface area contributed by atoms with Crippen LogP contribution in [0.2, 0.25) is 13.1 Å². The molecule has 0 fully saturated rings. The number of aryl methyl sites for hydroxylation is 2. The Morgan fingerprint density at radius 3 is 1.42 bits per heavy atom. The third-order valence-electron chi connectivity index (χ3n) is 5.57. The third-order valence-corrected chi connectivity index (χ3v) is 10.1. The fourth-order valence-electron chi connectivity index (χ4n) is 4.99. The molecule has 0 aliphatic heterocycles. The summed E-state index contributed by atoms with van der Waals surface area (Å²) >= 11 is 0. The predicted molar refractivity (Wildman–Crippen MR) is 97.2 cm³/mol. The van der Waals surface area contributed by atoms with Gasteiger partial charge in [-0.25, -0.2) is 0 Å². The Morgan fingerprint density at radius 1 is 0.731 bits per heavy atom. The van der Waals surface area contributed by atoms with Gasteiger partial charge in [0.05, 0.1) is 8.07 Å². The first-order valence-corrected chi connectivity index (χ1v) is 11.5. The van der Waals surface area contributed by atoms with Gasteiger partial charge in [-0.3, -0.25) is 0 Å². The molecule has 0 spiro atoms. The van der Waals surface area contributed by atoms with E-state index in [1.54, 1.807) is 0 Å². The van der Waals surface area contributed by atoms with Crippen molar-refractivity contribution in [1.29, 1.82) is 0 Å². The van der Waals surface area contributed by atoms with E-state index >= 15 is 0 Å². The quantitative estimate of drug-likeness (QED) is 0.558. The molecule has 0 saturated heterocycles. The number of halogens is 2. The molecule has 0 radical (unpaired) electrons. The number of allylic oxidation sites excluding steroid dienone is 2. The van der Waals surface area contributed by atoms with Gasteiger partial charge in [0.15, 0.2) is 0 Å². The molecule has 26 heavy (non-hydrogen) atoms. The summed E-state index contributed by atoms with van der Waals surface area (Å²) in [5.74, 6) is 4.20. The van der Waals surface area contributed by atoms with E-state index in [-0.39, 0.29) is 51.0 Å². The normalized spacial score (nSPS) is 20.2. The van der Waals surface area contributed by atoms with E-state index in [1.165, 1.54) is 22.3 Å². The van der Waals surface area contributed by atoms with Crippen molar-refractivity contribution in [3.8, 4) is 0 Å². The Balaban J connectivity index is 0.00000113. The summed E-state index contributed by atoms with van der Waals surface area (Å²) in [5, 5.41) is 0. The molecule has 0 bridgehead atoms. The second-order valence-corrected chi connectivity index (χ2v) is 12.6. The minimum atomic E-state index is -1.70. The smallest absolute Gasteiger partial charge is 1.00 e. The molecule has 2 heterocycles. The van der Waals surface area contributed by atoms with Gasteiger partial charge in [-0.15, -0.1) is 0 Å². The van der Waals surface area contributed by atoms with Crippen molar-refractivity contribution >= 4 is 20.2 Å². The zero-order valence-corrected chi connectivity index (χ0v) is 21.0. The molecule has 2 aromatic heterocycles. The minimum absolute atomic E-state index is 0. The summed E-state index contributed by atoms with van der Waals surface area (Å²) in [6.45, 7) is 13.7. The van der Waals surface area contributed by atoms with Crippen LogP contribution in [0.1, 0.15) is 59.1 Å². The first-order valence-electron chi connectivity index (χ1n) is 8.36. The van der Waals surface area contributed by atoms with Gasteiger partial charge in [-0.05, 0) is 52.0 Å². The average Bonchev–Trinajstić information content (AvgIpc) is 3.06. The molecular formula is C20H24Cl2O2SiZr. The third kappa shape index (κ3) is 3.43. The van der Waals surface area contributed by atoms with Gasteiger partial charge in [0.1, 0.15) is 23.0 Å². The van der Waals surface area contributed by atoms with E-state index in [0.717, 1.165) is 23.0 Å². The Morgan fingerprint density at radius 2 is 1.08 bits per heavy atom. The van der Waals surface area contributed by atoms with Crippen molar-refractivity contribution in [2.45, 2.75) is 51.9 Å². The van der Waals surface area contributed by atoms with Crippen LogP contribution in [0.25, 0.3) is 12.2 Å². The SMILES string of the molecule is CC1=Cc2oc(C)cc2C1[Si](C)(C)C1C(C)=Cc2oc(C)cc21.[Cl-].[Cl-].[Zr+2]. The van der Waals surface area contributed by atoms with Crippen LogP contribution in [0, 0.1) is 13.8 Å². The largest absolute Gasteiger partial charge is 2.00 e. The van der Waals surface area contributed by atoms with Crippen molar-refractivity contribution in [3.63, 3.8) is 0 Å². The van der Waals surface area contributed by atoms with E-state index in [0.29, 0.717) is 11.1 Å². The van der Waals surface area contributed by atoms with Crippen molar-refractivity contribution in [1.82, 2.24) is 0 Å². The molecule has 138 valence electrons. The van der Waals surface area contributed by atoms with Crippen LogP contribution in [0.4, 0.5) is 0 Å². The van der Waals surface area contributed by atoms with Crippen molar-refractivity contribution in [3.05, 3.63) is 57.4 Å². The molecule has 0 saturated carbocycles. The van der Waals surface area contributed by atoms with Gasteiger partial charge < -0.3 is 33.6 Å². The van der Waals surface area contributed by atoms with Crippen LogP contribution in [0.15, 0.2) is 32.1 Å². The van der Waals surface area contributed by atoms with Crippen LogP contribution in [0.3, 0.4) is 0 Å². The van der Waals surface area contributed by atoms with Gasteiger partial charge in [0.25, 0.3) is 0 Å². The van der Waals surface area contributed by atoms with Crippen LogP contribution in [0.5, 0.6) is 0 Å². The molecular weight excluding hydrogens is 462 g/mol. The summed E-state index contributed by atoms with van der Waals surface area (Å²) in [4.78, 5) is 0. The predicted octanol–water partition coefficient (Wildman–Crippen LogP) is -0.0171. The summed E-state index contributed by atoms with van der Waals surface area (Å²) in [6, 6.07) is 4.49. The molecule has 2 unspecified atom stereocenters. The van der Waals surface area contributed by atoms with Crippen LogP contribution < -0.4 is 24.8 Å². The van der Waals surface area contributed by atoms with Crippen molar-refractivity contribution < 1.29 is 59.9 Å². The number of hydrogen-bond acceptors (Lipinski definition) is 2. The molecule has 2 aromatic rings. The van der Waals surface area contributed by atoms with Crippen LogP contribution >= 0.6 is 0 Å². The molecule has 2 aliphatic rings. The first kappa shape index (κ1) is 23.8. The van der Waals surface area contributed by atoms with Crippen molar-refractivity contribution in [2.24, 2.45) is 0 Å². The van der Waals surface area contributed by atoms with Gasteiger partial charge in [0.2, 0.25) is 0 Å². The molecule has 2 atom stereocenters. The monoisotopic (exact) mass is 484 g/mol. The summed E-state index contributed by atoms with van der Waals surface area (Å²) in [5.41, 5.74) is 6.75. The van der Waals surface area contributed by atoms with Gasteiger partial charge in [0, 0.05) is 22.2 Å². The van der Waals surface area contributed by atoms with Gasteiger partial charge in [-0.1, -0.05) is 24.2 Å². The molecule has 2 aliphatic carbocycles. The topological polar surface area (TPSA) is 26.3 Å².